The van der Waals surface area contributed by atoms with Crippen LogP contribution in [0.5, 0.6) is 0 Å². The summed E-state index contributed by atoms with van der Waals surface area (Å²) in [5.41, 5.74) is 4.37. The summed E-state index contributed by atoms with van der Waals surface area (Å²) < 4.78 is 11.8. The molecule has 0 unspecified atom stereocenters. The third-order valence-corrected chi connectivity index (χ3v) is 15.7. The van der Waals surface area contributed by atoms with Crippen LogP contribution in [0.25, 0.3) is 32.7 Å². The predicted molar refractivity (Wildman–Crippen MR) is 230 cm³/mol. The Hall–Kier alpha value is -4.18. The molecule has 9 atom stereocenters. The summed E-state index contributed by atoms with van der Waals surface area (Å²) in [6.45, 7) is 14.7. The van der Waals surface area contributed by atoms with Gasteiger partial charge in [0, 0.05) is 6.42 Å². The highest BCUT2D eigenvalue weighted by atomic mass is 16.5. The minimum absolute atomic E-state index is 0.164. The average Bonchev–Trinajstić information content (AvgIpc) is 3.57. The normalized spacial score (nSPS) is 29.7. The smallest absolute Gasteiger partial charge is 0.339 e. The molecule has 4 aromatic rings. The van der Waals surface area contributed by atoms with Crippen molar-refractivity contribution in [3.63, 3.8) is 0 Å². The zero-order valence-electron chi connectivity index (χ0n) is 34.8. The van der Waals surface area contributed by atoms with Crippen LogP contribution in [-0.4, -0.2) is 25.2 Å². The van der Waals surface area contributed by atoms with Crippen molar-refractivity contribution in [3.05, 3.63) is 108 Å². The number of allylic oxidation sites excluding steroid dienone is 3. The van der Waals surface area contributed by atoms with Crippen molar-refractivity contribution in [2.75, 3.05) is 7.11 Å². The van der Waals surface area contributed by atoms with E-state index in [0.29, 0.717) is 51.3 Å². The van der Waals surface area contributed by atoms with E-state index in [1.807, 2.05) is 72.8 Å². The standard InChI is InChI=1S/C52H62O4/c1-8-34(32(2)3)18-17-33(4)46-21-22-47-41-20-19-39-31-40(23-25-51(39,5)48(41)24-26-52(46,47)6)56-50(54)45-30-38-16-12-10-14-36(38)28-43(45)42-27-35-13-9-11-15-37(35)29-44(42)49(53)55-7/h9-19,27-30,32-34,40-41,46-48H,8,20-26,31H2,1-7H3/b18-17+/t33-,34-,40+,41+,46-,47+,48+,51+,52-/m1/s1. The van der Waals surface area contributed by atoms with Crippen molar-refractivity contribution >= 4 is 33.5 Å². The van der Waals surface area contributed by atoms with Crippen molar-refractivity contribution in [1.29, 1.82) is 0 Å². The maximum Gasteiger partial charge on any atom is 0.339 e. The minimum atomic E-state index is -0.429. The largest absolute Gasteiger partial charge is 0.465 e. The zero-order chi connectivity index (χ0) is 39.4. The molecule has 0 spiro atoms. The second kappa shape index (κ2) is 15.3. The van der Waals surface area contributed by atoms with E-state index in [1.165, 1.54) is 44.8 Å². The van der Waals surface area contributed by atoms with E-state index in [1.54, 1.807) is 0 Å². The summed E-state index contributed by atoms with van der Waals surface area (Å²) in [7, 11) is 1.40. The van der Waals surface area contributed by atoms with Gasteiger partial charge < -0.3 is 9.47 Å². The molecule has 3 fully saturated rings. The third-order valence-electron chi connectivity index (χ3n) is 15.7. The highest BCUT2D eigenvalue weighted by Crippen LogP contribution is 2.67. The summed E-state index contributed by atoms with van der Waals surface area (Å²) in [4.78, 5) is 27.7. The molecule has 56 heavy (non-hydrogen) atoms. The number of hydrogen-bond acceptors (Lipinski definition) is 4. The number of methoxy groups -OCH3 is 1. The number of benzene rings is 4. The first-order chi connectivity index (χ1) is 26.9. The van der Waals surface area contributed by atoms with Crippen molar-refractivity contribution in [1.82, 2.24) is 0 Å². The maximum absolute atomic E-state index is 14.5. The van der Waals surface area contributed by atoms with E-state index in [9.17, 15) is 9.59 Å². The molecule has 4 nitrogen and oxygen atoms in total. The lowest BCUT2D eigenvalue weighted by molar-refractivity contribution is -0.0565. The lowest BCUT2D eigenvalue weighted by Crippen LogP contribution is -2.51. The number of carbonyl (C=O) groups excluding carboxylic acids is 2. The summed E-state index contributed by atoms with van der Waals surface area (Å²) in [5, 5.41) is 3.90. The Bertz CT molecular complexity index is 2190. The van der Waals surface area contributed by atoms with Gasteiger partial charge in [0.25, 0.3) is 0 Å². The first kappa shape index (κ1) is 38.7. The molecule has 0 aliphatic heterocycles. The van der Waals surface area contributed by atoms with Crippen LogP contribution in [0.2, 0.25) is 0 Å². The van der Waals surface area contributed by atoms with Crippen molar-refractivity contribution < 1.29 is 19.1 Å². The maximum atomic E-state index is 14.5. The molecular weight excluding hydrogens is 689 g/mol. The predicted octanol–water partition coefficient (Wildman–Crippen LogP) is 13.4. The molecule has 3 saturated carbocycles. The van der Waals surface area contributed by atoms with E-state index in [-0.39, 0.29) is 17.5 Å². The molecule has 0 radical (unpaired) electrons. The van der Waals surface area contributed by atoms with E-state index in [0.717, 1.165) is 65.0 Å². The quantitative estimate of drug-likeness (QED) is 0.126. The van der Waals surface area contributed by atoms with Crippen LogP contribution in [0, 0.1) is 52.3 Å². The van der Waals surface area contributed by atoms with Crippen molar-refractivity contribution in [3.8, 4) is 11.1 Å². The molecule has 0 aromatic heterocycles. The fourth-order valence-electron chi connectivity index (χ4n) is 12.5. The molecule has 4 aromatic carbocycles. The molecule has 294 valence electrons. The molecule has 4 aliphatic rings. The molecule has 0 bridgehead atoms. The van der Waals surface area contributed by atoms with Gasteiger partial charge in [-0.05, 0) is 161 Å². The van der Waals surface area contributed by atoms with Crippen molar-refractivity contribution in [2.45, 2.75) is 105 Å². The zero-order valence-corrected chi connectivity index (χ0v) is 34.8. The Labute approximate surface area is 335 Å². The first-order valence-corrected chi connectivity index (χ1v) is 21.7. The van der Waals surface area contributed by atoms with Crippen LogP contribution >= 0.6 is 0 Å². The van der Waals surface area contributed by atoms with Gasteiger partial charge in [0.15, 0.2) is 0 Å². The van der Waals surface area contributed by atoms with Gasteiger partial charge in [-0.25, -0.2) is 9.59 Å². The van der Waals surface area contributed by atoms with Gasteiger partial charge in [-0.1, -0.05) is 114 Å². The number of rotatable bonds is 9. The summed E-state index contributed by atoms with van der Waals surface area (Å²) in [5.74, 6) is 4.23. The average molecular weight is 751 g/mol. The van der Waals surface area contributed by atoms with Crippen LogP contribution < -0.4 is 0 Å². The monoisotopic (exact) mass is 750 g/mol. The van der Waals surface area contributed by atoms with Gasteiger partial charge in [0.05, 0.1) is 18.2 Å². The van der Waals surface area contributed by atoms with E-state index >= 15 is 0 Å². The van der Waals surface area contributed by atoms with Crippen LogP contribution in [0.4, 0.5) is 0 Å². The SMILES string of the molecule is CC[C@H](/C=C/[C@@H](C)[C@H]1CC[C@H]2[C@@H]3CC=C4C[C@@H](OC(=O)c5cc6ccccc6cc5-c5cc6ccccc6cc5C(=O)OC)CC[C@]4(C)[C@H]3CC[C@]12C)C(C)C. The Morgan fingerprint density at radius 2 is 1.38 bits per heavy atom. The van der Waals surface area contributed by atoms with E-state index in [2.05, 4.69) is 59.8 Å². The Kier molecular flexibility index (Phi) is 10.6. The van der Waals surface area contributed by atoms with Crippen LogP contribution in [0.3, 0.4) is 0 Å². The molecule has 4 heteroatoms. The summed E-state index contributed by atoms with van der Waals surface area (Å²) in [6.07, 6.45) is 18.0. The second-order valence-electron chi connectivity index (χ2n) is 18.8. The highest BCUT2D eigenvalue weighted by molar-refractivity contribution is 6.09. The molecule has 0 saturated heterocycles. The van der Waals surface area contributed by atoms with Crippen molar-refractivity contribution in [2.24, 2.45) is 52.3 Å². The lowest BCUT2D eigenvalue weighted by atomic mass is 9.47. The van der Waals surface area contributed by atoms with Gasteiger partial charge >= 0.3 is 11.9 Å². The highest BCUT2D eigenvalue weighted by Gasteiger charge is 2.59. The molecule has 0 amide bonds. The first-order valence-electron chi connectivity index (χ1n) is 21.7. The van der Waals surface area contributed by atoms with Gasteiger partial charge in [-0.15, -0.1) is 0 Å². The number of esters is 2. The summed E-state index contributed by atoms with van der Waals surface area (Å²) >= 11 is 0. The van der Waals surface area contributed by atoms with Gasteiger partial charge in [-0.3, -0.25) is 0 Å². The topological polar surface area (TPSA) is 52.6 Å². The number of carbonyl (C=O) groups is 2. The van der Waals surface area contributed by atoms with Crippen LogP contribution in [-0.2, 0) is 9.47 Å². The number of hydrogen-bond donors (Lipinski definition) is 0. The molecular formula is C52H62O4. The molecule has 8 rings (SSSR count). The lowest BCUT2D eigenvalue weighted by Gasteiger charge is -2.58. The number of fused-ring (bicyclic) bond motifs is 7. The fourth-order valence-corrected chi connectivity index (χ4v) is 12.5. The van der Waals surface area contributed by atoms with Gasteiger partial charge in [0.2, 0.25) is 0 Å². The van der Waals surface area contributed by atoms with E-state index in [4.69, 9.17) is 9.47 Å². The third kappa shape index (κ3) is 6.73. The minimum Gasteiger partial charge on any atom is -0.465 e. The van der Waals surface area contributed by atoms with E-state index < -0.39 is 5.97 Å². The molecule has 0 heterocycles. The van der Waals surface area contributed by atoms with Crippen LogP contribution in [0.1, 0.15) is 120 Å². The Morgan fingerprint density at radius 1 is 0.768 bits per heavy atom. The Balaban J connectivity index is 1.04. The fraction of sp³-hybridized carbons (Fsp3) is 0.500. The number of ether oxygens (including phenoxy) is 2. The Morgan fingerprint density at radius 3 is 1.96 bits per heavy atom. The van der Waals surface area contributed by atoms with Gasteiger partial charge in [0.1, 0.15) is 6.10 Å². The molecule has 4 aliphatic carbocycles. The second-order valence-corrected chi connectivity index (χ2v) is 18.8. The molecule has 0 N–H and O–H groups in total. The van der Waals surface area contributed by atoms with Crippen LogP contribution in [0.15, 0.2) is 96.6 Å². The van der Waals surface area contributed by atoms with Gasteiger partial charge in [-0.2, -0.15) is 0 Å². The summed E-state index contributed by atoms with van der Waals surface area (Å²) in [6, 6.07) is 23.9.